The van der Waals surface area contributed by atoms with Crippen LogP contribution >= 0.6 is 39.9 Å². The SMILES string of the molecule is Cl.Clc1ccc(Br)c(CN2CCC3(CCNCC3)C2)c1. The molecule has 1 N–H and O–H groups in total. The van der Waals surface area contributed by atoms with E-state index in [1.54, 1.807) is 0 Å². The molecule has 0 bridgehead atoms. The van der Waals surface area contributed by atoms with E-state index >= 15 is 0 Å². The van der Waals surface area contributed by atoms with Gasteiger partial charge in [0, 0.05) is 22.6 Å². The lowest BCUT2D eigenvalue weighted by molar-refractivity contribution is 0.194. The number of halogens is 3. The van der Waals surface area contributed by atoms with Crippen molar-refractivity contribution < 1.29 is 0 Å². The highest BCUT2D eigenvalue weighted by Crippen LogP contribution is 2.39. The van der Waals surface area contributed by atoms with Crippen LogP contribution in [0.3, 0.4) is 0 Å². The van der Waals surface area contributed by atoms with E-state index in [1.165, 1.54) is 55.5 Å². The van der Waals surface area contributed by atoms with Crippen LogP contribution in [0.5, 0.6) is 0 Å². The van der Waals surface area contributed by atoms with Crippen molar-refractivity contribution >= 4 is 39.9 Å². The number of hydrogen-bond donors (Lipinski definition) is 1. The quantitative estimate of drug-likeness (QED) is 0.831. The minimum atomic E-state index is 0. The highest BCUT2D eigenvalue weighted by molar-refractivity contribution is 9.10. The average molecular weight is 380 g/mol. The predicted octanol–water partition coefficient (Wildman–Crippen LogP) is 4.10. The average Bonchev–Trinajstić information content (AvgIpc) is 2.78. The minimum Gasteiger partial charge on any atom is -0.317 e. The maximum atomic E-state index is 6.10. The van der Waals surface area contributed by atoms with Crippen LogP contribution < -0.4 is 5.32 Å². The van der Waals surface area contributed by atoms with E-state index in [-0.39, 0.29) is 12.4 Å². The monoisotopic (exact) mass is 378 g/mol. The number of nitrogens with one attached hydrogen (secondary N) is 1. The predicted molar refractivity (Wildman–Crippen MR) is 90.8 cm³/mol. The fourth-order valence-corrected chi connectivity index (χ4v) is 4.00. The van der Waals surface area contributed by atoms with Crippen molar-refractivity contribution in [2.75, 3.05) is 26.2 Å². The smallest absolute Gasteiger partial charge is 0.0410 e. The van der Waals surface area contributed by atoms with Crippen molar-refractivity contribution in [3.8, 4) is 0 Å². The van der Waals surface area contributed by atoms with Crippen molar-refractivity contribution in [3.05, 3.63) is 33.3 Å². The molecule has 2 fully saturated rings. The number of rotatable bonds is 2. The van der Waals surface area contributed by atoms with Gasteiger partial charge in [0.1, 0.15) is 0 Å². The highest BCUT2D eigenvalue weighted by atomic mass is 79.9. The molecule has 1 aromatic carbocycles. The first-order valence-electron chi connectivity index (χ1n) is 7.04. The van der Waals surface area contributed by atoms with Crippen LogP contribution in [-0.4, -0.2) is 31.1 Å². The summed E-state index contributed by atoms with van der Waals surface area (Å²) in [7, 11) is 0. The van der Waals surface area contributed by atoms with Crippen LogP contribution in [-0.2, 0) is 6.54 Å². The van der Waals surface area contributed by atoms with Crippen molar-refractivity contribution in [2.24, 2.45) is 5.41 Å². The summed E-state index contributed by atoms with van der Waals surface area (Å²) in [6.45, 7) is 5.85. The van der Waals surface area contributed by atoms with Crippen molar-refractivity contribution in [1.82, 2.24) is 10.2 Å². The second-order valence-corrected chi connectivity index (χ2v) is 7.24. The molecule has 0 aliphatic carbocycles. The Labute approximate surface area is 140 Å². The van der Waals surface area contributed by atoms with Gasteiger partial charge in [0.25, 0.3) is 0 Å². The first-order valence-corrected chi connectivity index (χ1v) is 8.21. The Balaban J connectivity index is 0.00000147. The highest BCUT2D eigenvalue weighted by Gasteiger charge is 2.38. The lowest BCUT2D eigenvalue weighted by Crippen LogP contribution is -2.38. The fourth-order valence-electron chi connectivity index (χ4n) is 3.43. The maximum absolute atomic E-state index is 6.10. The molecule has 3 rings (SSSR count). The molecule has 20 heavy (non-hydrogen) atoms. The van der Waals surface area contributed by atoms with Gasteiger partial charge in [-0.25, -0.2) is 0 Å². The normalized spacial score (nSPS) is 21.9. The molecule has 0 amide bonds. The van der Waals surface area contributed by atoms with E-state index in [1.807, 2.05) is 12.1 Å². The molecule has 2 nitrogen and oxygen atoms in total. The summed E-state index contributed by atoms with van der Waals surface area (Å²) in [5.41, 5.74) is 1.88. The Kier molecular flexibility index (Phi) is 5.78. The van der Waals surface area contributed by atoms with Gasteiger partial charge in [0.15, 0.2) is 0 Å². The zero-order valence-electron chi connectivity index (χ0n) is 11.5. The third-order valence-electron chi connectivity index (χ3n) is 4.58. The Morgan fingerprint density at radius 2 is 2.00 bits per heavy atom. The molecular formula is C15H21BrCl2N2. The number of hydrogen-bond acceptors (Lipinski definition) is 2. The third kappa shape index (κ3) is 3.69. The molecule has 1 spiro atoms. The van der Waals surface area contributed by atoms with Gasteiger partial charge in [-0.15, -0.1) is 12.4 Å². The number of piperidine rings is 1. The van der Waals surface area contributed by atoms with Crippen LogP contribution in [0.15, 0.2) is 22.7 Å². The summed E-state index contributed by atoms with van der Waals surface area (Å²) in [5.74, 6) is 0. The zero-order valence-corrected chi connectivity index (χ0v) is 14.7. The third-order valence-corrected chi connectivity index (χ3v) is 5.59. The molecule has 112 valence electrons. The molecule has 5 heteroatoms. The van der Waals surface area contributed by atoms with Gasteiger partial charge in [0.05, 0.1) is 0 Å². The second kappa shape index (κ2) is 6.97. The first-order chi connectivity index (χ1) is 9.17. The summed E-state index contributed by atoms with van der Waals surface area (Å²) >= 11 is 9.73. The van der Waals surface area contributed by atoms with Crippen LogP contribution in [0.1, 0.15) is 24.8 Å². The van der Waals surface area contributed by atoms with Gasteiger partial charge in [-0.1, -0.05) is 27.5 Å². The van der Waals surface area contributed by atoms with E-state index < -0.39 is 0 Å². The van der Waals surface area contributed by atoms with Gasteiger partial charge < -0.3 is 5.32 Å². The van der Waals surface area contributed by atoms with Crippen LogP contribution in [0, 0.1) is 5.41 Å². The lowest BCUT2D eigenvalue weighted by atomic mass is 9.78. The van der Waals surface area contributed by atoms with Gasteiger partial charge in [-0.05, 0) is 68.1 Å². The minimum absolute atomic E-state index is 0. The standard InChI is InChI=1S/C15H20BrClN2.ClH/c16-14-2-1-13(17)9-12(14)10-19-8-5-15(11-19)3-6-18-7-4-15;/h1-2,9,18H,3-8,10-11H2;1H. The summed E-state index contributed by atoms with van der Waals surface area (Å²) in [4.78, 5) is 2.59. The van der Waals surface area contributed by atoms with E-state index in [2.05, 4.69) is 32.2 Å². The molecule has 0 aromatic heterocycles. The summed E-state index contributed by atoms with van der Waals surface area (Å²) in [6.07, 6.45) is 4.02. The number of likely N-dealkylation sites (tertiary alicyclic amines) is 1. The van der Waals surface area contributed by atoms with Crippen LogP contribution in [0.4, 0.5) is 0 Å². The van der Waals surface area contributed by atoms with Gasteiger partial charge in [-0.2, -0.15) is 0 Å². The Hall–Kier alpha value is 0.200. The zero-order chi connectivity index (χ0) is 13.3. The Morgan fingerprint density at radius 3 is 2.75 bits per heavy atom. The number of nitrogens with zero attached hydrogens (tertiary/aromatic N) is 1. The fraction of sp³-hybridized carbons (Fsp3) is 0.600. The molecule has 0 radical (unpaired) electrons. The lowest BCUT2D eigenvalue weighted by Gasteiger charge is -2.34. The van der Waals surface area contributed by atoms with E-state index in [4.69, 9.17) is 11.6 Å². The maximum Gasteiger partial charge on any atom is 0.0410 e. The molecule has 0 unspecified atom stereocenters. The summed E-state index contributed by atoms with van der Waals surface area (Å²) in [6, 6.07) is 6.07. The van der Waals surface area contributed by atoms with Crippen LogP contribution in [0.25, 0.3) is 0 Å². The molecule has 2 aliphatic heterocycles. The van der Waals surface area contributed by atoms with E-state index in [0.717, 1.165) is 11.6 Å². The van der Waals surface area contributed by atoms with Gasteiger partial charge >= 0.3 is 0 Å². The van der Waals surface area contributed by atoms with Crippen LogP contribution in [0.2, 0.25) is 5.02 Å². The Morgan fingerprint density at radius 1 is 1.25 bits per heavy atom. The topological polar surface area (TPSA) is 15.3 Å². The van der Waals surface area contributed by atoms with Crippen molar-refractivity contribution in [2.45, 2.75) is 25.8 Å². The molecule has 0 saturated carbocycles. The van der Waals surface area contributed by atoms with Gasteiger partial charge in [-0.3, -0.25) is 4.90 Å². The summed E-state index contributed by atoms with van der Waals surface area (Å²) < 4.78 is 1.17. The van der Waals surface area contributed by atoms with Crippen molar-refractivity contribution in [1.29, 1.82) is 0 Å². The Bertz CT molecular complexity index is 461. The summed E-state index contributed by atoms with van der Waals surface area (Å²) in [5, 5.41) is 4.30. The van der Waals surface area contributed by atoms with Crippen molar-refractivity contribution in [3.63, 3.8) is 0 Å². The molecule has 1 aromatic rings. The van der Waals surface area contributed by atoms with E-state index in [0.29, 0.717) is 5.41 Å². The first kappa shape index (κ1) is 16.6. The molecule has 2 heterocycles. The van der Waals surface area contributed by atoms with E-state index in [9.17, 15) is 0 Å². The largest absolute Gasteiger partial charge is 0.317 e. The molecule has 2 aliphatic rings. The molecule has 2 saturated heterocycles. The number of benzene rings is 1. The van der Waals surface area contributed by atoms with Gasteiger partial charge in [0.2, 0.25) is 0 Å². The molecular weight excluding hydrogens is 359 g/mol. The molecule has 0 atom stereocenters. The second-order valence-electron chi connectivity index (χ2n) is 5.95.